The van der Waals surface area contributed by atoms with Crippen molar-refractivity contribution in [2.45, 2.75) is 57.6 Å². The van der Waals surface area contributed by atoms with Crippen LogP contribution in [0, 0.1) is 23.7 Å². The van der Waals surface area contributed by atoms with Gasteiger partial charge in [-0.25, -0.2) is 0 Å². The minimum Gasteiger partial charge on any atom is -0.376 e. The molecular weight excluding hydrogens is 280 g/mol. The predicted molar refractivity (Wildman–Crippen MR) is 83.1 cm³/mol. The van der Waals surface area contributed by atoms with Crippen LogP contribution in [0.15, 0.2) is 0 Å². The van der Waals surface area contributed by atoms with Crippen molar-refractivity contribution in [3.05, 3.63) is 0 Å². The Bertz CT molecular complexity index is 433. The van der Waals surface area contributed by atoms with E-state index in [1.165, 1.54) is 32.1 Å². The Morgan fingerprint density at radius 3 is 2.05 bits per heavy atom. The largest absolute Gasteiger partial charge is 0.376 e. The molecule has 0 aromatic heterocycles. The number of methoxy groups -OCH3 is 1. The molecule has 2 amide bonds. The number of hydrogen-bond donors (Lipinski definition) is 2. The van der Waals surface area contributed by atoms with Gasteiger partial charge in [-0.3, -0.25) is 9.59 Å². The fraction of sp³-hybridized carbons (Fsp3) is 0.882. The molecule has 22 heavy (non-hydrogen) atoms. The Hall–Kier alpha value is -1.10. The molecular formula is C17H28N2O3. The van der Waals surface area contributed by atoms with E-state index in [-0.39, 0.29) is 11.6 Å². The summed E-state index contributed by atoms with van der Waals surface area (Å²) < 4.78 is 5.98. The number of ether oxygens (including phenoxy) is 1. The van der Waals surface area contributed by atoms with Crippen LogP contribution in [0.2, 0.25) is 0 Å². The molecule has 0 aromatic carbocycles. The van der Waals surface area contributed by atoms with Crippen LogP contribution in [0.5, 0.6) is 0 Å². The third-order valence-corrected chi connectivity index (χ3v) is 6.05. The molecule has 5 nitrogen and oxygen atoms in total. The lowest BCUT2D eigenvalue weighted by Crippen LogP contribution is -2.63. The molecule has 0 heterocycles. The smallest absolute Gasteiger partial charge is 0.309 e. The first-order valence-electron chi connectivity index (χ1n) is 8.58. The van der Waals surface area contributed by atoms with E-state index in [1.54, 1.807) is 7.11 Å². The van der Waals surface area contributed by atoms with Crippen LogP contribution in [0.3, 0.4) is 0 Å². The fourth-order valence-corrected chi connectivity index (χ4v) is 5.30. The summed E-state index contributed by atoms with van der Waals surface area (Å²) in [5, 5.41) is 5.47. The normalized spacial score (nSPS) is 39.1. The standard InChI is InChI=1S/C17H28N2O3/c1-10(2)19-16(21)15(20)18-9-17(22-3)13-5-11-4-12(7-13)8-14(17)6-11/h10-14H,4-9H2,1-3H3,(H,18,20)(H,19,21). The van der Waals surface area contributed by atoms with E-state index in [9.17, 15) is 9.59 Å². The number of nitrogens with one attached hydrogen (secondary N) is 2. The fourth-order valence-electron chi connectivity index (χ4n) is 5.30. The topological polar surface area (TPSA) is 67.4 Å². The Morgan fingerprint density at radius 1 is 1.05 bits per heavy atom. The molecule has 4 fully saturated rings. The van der Waals surface area contributed by atoms with E-state index >= 15 is 0 Å². The van der Waals surface area contributed by atoms with Gasteiger partial charge in [-0.05, 0) is 69.6 Å². The zero-order valence-corrected chi connectivity index (χ0v) is 13.9. The van der Waals surface area contributed by atoms with Gasteiger partial charge in [0.05, 0.1) is 5.60 Å². The van der Waals surface area contributed by atoms with Crippen molar-refractivity contribution in [2.24, 2.45) is 23.7 Å². The van der Waals surface area contributed by atoms with E-state index < -0.39 is 11.8 Å². The van der Waals surface area contributed by atoms with E-state index in [0.29, 0.717) is 18.4 Å². The average Bonchev–Trinajstić information content (AvgIpc) is 2.45. The van der Waals surface area contributed by atoms with Gasteiger partial charge in [0, 0.05) is 19.7 Å². The summed E-state index contributed by atoms with van der Waals surface area (Å²) in [4.78, 5) is 23.8. The first-order chi connectivity index (χ1) is 10.4. The Morgan fingerprint density at radius 2 is 1.59 bits per heavy atom. The second-order valence-electron chi connectivity index (χ2n) is 7.77. The SMILES string of the molecule is COC1(CNC(=O)C(=O)NC(C)C)C2CC3CC(C2)CC1C3. The van der Waals surface area contributed by atoms with Crippen LogP contribution in [-0.2, 0) is 14.3 Å². The number of hydrogen-bond acceptors (Lipinski definition) is 3. The van der Waals surface area contributed by atoms with Gasteiger partial charge < -0.3 is 15.4 Å². The first kappa shape index (κ1) is 15.8. The van der Waals surface area contributed by atoms with Crippen molar-refractivity contribution in [3.63, 3.8) is 0 Å². The highest BCUT2D eigenvalue weighted by molar-refractivity contribution is 6.35. The molecule has 0 radical (unpaired) electrons. The number of carbonyl (C=O) groups is 2. The Kier molecular flexibility index (Phi) is 4.19. The highest BCUT2D eigenvalue weighted by Gasteiger charge is 2.57. The van der Waals surface area contributed by atoms with E-state index in [0.717, 1.165) is 11.8 Å². The maximum atomic E-state index is 12.0. The summed E-state index contributed by atoms with van der Waals surface area (Å²) in [5.74, 6) is 1.67. The molecule has 0 aliphatic heterocycles. The Balaban J connectivity index is 1.65. The van der Waals surface area contributed by atoms with Crippen LogP contribution in [0.25, 0.3) is 0 Å². The lowest BCUT2D eigenvalue weighted by molar-refractivity contribution is -0.188. The molecule has 0 aromatic rings. The van der Waals surface area contributed by atoms with Gasteiger partial charge in [0.15, 0.2) is 0 Å². The molecule has 4 bridgehead atoms. The highest BCUT2D eigenvalue weighted by Crippen LogP contribution is 2.59. The summed E-state index contributed by atoms with van der Waals surface area (Å²) >= 11 is 0. The van der Waals surface area contributed by atoms with Crippen LogP contribution >= 0.6 is 0 Å². The van der Waals surface area contributed by atoms with Crippen molar-refractivity contribution < 1.29 is 14.3 Å². The van der Waals surface area contributed by atoms with Gasteiger partial charge in [0.1, 0.15) is 0 Å². The molecule has 4 saturated carbocycles. The molecule has 0 saturated heterocycles. The van der Waals surface area contributed by atoms with Crippen LogP contribution < -0.4 is 10.6 Å². The molecule has 2 N–H and O–H groups in total. The molecule has 5 heteroatoms. The summed E-state index contributed by atoms with van der Waals surface area (Å²) in [6, 6.07) is -0.0317. The van der Waals surface area contributed by atoms with Crippen molar-refractivity contribution >= 4 is 11.8 Å². The average molecular weight is 308 g/mol. The minimum atomic E-state index is -0.551. The zero-order chi connectivity index (χ0) is 15.9. The number of carbonyl (C=O) groups excluding carboxylic acids is 2. The first-order valence-corrected chi connectivity index (χ1v) is 8.58. The van der Waals surface area contributed by atoms with Gasteiger partial charge in [-0.1, -0.05) is 0 Å². The summed E-state index contributed by atoms with van der Waals surface area (Å²) in [5.41, 5.74) is -0.263. The summed E-state index contributed by atoms with van der Waals surface area (Å²) in [6.07, 6.45) is 6.25. The van der Waals surface area contributed by atoms with Crippen molar-refractivity contribution in [3.8, 4) is 0 Å². The third-order valence-electron chi connectivity index (χ3n) is 6.05. The van der Waals surface area contributed by atoms with Crippen LogP contribution in [0.4, 0.5) is 0 Å². The van der Waals surface area contributed by atoms with Crippen LogP contribution in [-0.4, -0.2) is 37.1 Å². The maximum absolute atomic E-state index is 12.0. The van der Waals surface area contributed by atoms with Crippen molar-refractivity contribution in [2.75, 3.05) is 13.7 Å². The van der Waals surface area contributed by atoms with Gasteiger partial charge in [0.25, 0.3) is 0 Å². The molecule has 0 unspecified atom stereocenters. The number of rotatable bonds is 4. The molecule has 124 valence electrons. The monoisotopic (exact) mass is 308 g/mol. The zero-order valence-electron chi connectivity index (χ0n) is 13.9. The van der Waals surface area contributed by atoms with Gasteiger partial charge in [-0.15, -0.1) is 0 Å². The molecule has 4 aliphatic carbocycles. The third kappa shape index (κ3) is 2.64. The van der Waals surface area contributed by atoms with Gasteiger partial charge in [-0.2, -0.15) is 0 Å². The molecule has 4 rings (SSSR count). The lowest BCUT2D eigenvalue weighted by atomic mass is 9.49. The van der Waals surface area contributed by atoms with Crippen molar-refractivity contribution in [1.29, 1.82) is 0 Å². The number of amides is 2. The summed E-state index contributed by atoms with van der Waals surface area (Å²) in [7, 11) is 1.77. The second-order valence-corrected chi connectivity index (χ2v) is 7.77. The lowest BCUT2D eigenvalue weighted by Gasteiger charge is -2.60. The quantitative estimate of drug-likeness (QED) is 0.773. The van der Waals surface area contributed by atoms with Gasteiger partial charge >= 0.3 is 11.8 Å². The highest BCUT2D eigenvalue weighted by atomic mass is 16.5. The van der Waals surface area contributed by atoms with E-state index in [4.69, 9.17) is 4.74 Å². The maximum Gasteiger partial charge on any atom is 0.309 e. The molecule has 0 spiro atoms. The second kappa shape index (κ2) is 5.84. The minimum absolute atomic E-state index is 0.0317. The Labute approximate surface area is 132 Å². The summed E-state index contributed by atoms with van der Waals surface area (Å²) in [6.45, 7) is 4.15. The molecule has 4 aliphatic rings. The van der Waals surface area contributed by atoms with Crippen molar-refractivity contribution in [1.82, 2.24) is 10.6 Å². The van der Waals surface area contributed by atoms with Gasteiger partial charge in [0.2, 0.25) is 0 Å². The van der Waals surface area contributed by atoms with E-state index in [1.807, 2.05) is 13.8 Å². The molecule has 0 atom stereocenters. The predicted octanol–water partition coefficient (Wildman–Crippen LogP) is 1.47. The van der Waals surface area contributed by atoms with E-state index in [2.05, 4.69) is 10.6 Å². The van der Waals surface area contributed by atoms with Crippen LogP contribution in [0.1, 0.15) is 46.0 Å².